The molecule has 1 amide bonds. The highest BCUT2D eigenvalue weighted by Crippen LogP contribution is 2.33. The van der Waals surface area contributed by atoms with Crippen LogP contribution in [0.4, 0.5) is 0 Å². The average molecular weight is 578 g/mol. The summed E-state index contributed by atoms with van der Waals surface area (Å²) in [7, 11) is 0. The number of aryl methyl sites for hydroxylation is 1. The standard InChI is InChI=1S/C15H13Cl2N3O2.C12H14ClNO2/c1-2-7-22-13-9-12(10(16)8-11(13)17)20-15(21)19-6-4-3-5-14(19)18-20;1-12(2)8-16-14(11(12)15)7-9-5-3-4-6-10(9)13/h1,8-9H,3-7H2;3-6H,7-8H2,1-2H3. The van der Waals surface area contributed by atoms with Crippen LogP contribution in [0.2, 0.25) is 15.1 Å². The third-order valence-electron chi connectivity index (χ3n) is 6.17. The smallest absolute Gasteiger partial charge is 0.350 e. The second kappa shape index (κ2) is 11.8. The Hall–Kier alpha value is -2.96. The van der Waals surface area contributed by atoms with Crippen LogP contribution in [0.1, 0.15) is 38.1 Å². The molecule has 3 heterocycles. The first kappa shape index (κ1) is 28.1. The van der Waals surface area contributed by atoms with E-state index in [0.29, 0.717) is 46.2 Å². The van der Waals surface area contributed by atoms with Crippen molar-refractivity contribution in [2.45, 2.75) is 46.2 Å². The van der Waals surface area contributed by atoms with Crippen molar-refractivity contribution < 1.29 is 14.4 Å². The van der Waals surface area contributed by atoms with E-state index in [1.54, 1.807) is 10.6 Å². The molecule has 1 saturated heterocycles. The molecule has 11 heteroatoms. The van der Waals surface area contributed by atoms with Crippen LogP contribution in [0.3, 0.4) is 0 Å². The monoisotopic (exact) mass is 576 g/mol. The summed E-state index contributed by atoms with van der Waals surface area (Å²) in [4.78, 5) is 29.7. The molecule has 38 heavy (non-hydrogen) atoms. The number of nitrogens with zero attached hydrogens (tertiary/aromatic N) is 4. The minimum atomic E-state index is -0.429. The third kappa shape index (κ3) is 6.02. The first-order valence-corrected chi connectivity index (χ1v) is 13.2. The van der Waals surface area contributed by atoms with Gasteiger partial charge in [-0.05, 0) is 44.4 Å². The Morgan fingerprint density at radius 1 is 1.11 bits per heavy atom. The van der Waals surface area contributed by atoms with Gasteiger partial charge < -0.3 is 4.74 Å². The Balaban J connectivity index is 0.000000186. The summed E-state index contributed by atoms with van der Waals surface area (Å²) in [6.07, 6.45) is 7.97. The van der Waals surface area contributed by atoms with Crippen LogP contribution in [0.5, 0.6) is 5.75 Å². The van der Waals surface area contributed by atoms with Gasteiger partial charge in [-0.15, -0.1) is 11.5 Å². The van der Waals surface area contributed by atoms with Crippen LogP contribution in [-0.4, -0.2) is 38.5 Å². The van der Waals surface area contributed by atoms with E-state index in [1.165, 1.54) is 15.8 Å². The van der Waals surface area contributed by atoms with Gasteiger partial charge in [0.25, 0.3) is 5.91 Å². The van der Waals surface area contributed by atoms with Gasteiger partial charge in [0.05, 0.1) is 34.3 Å². The molecule has 0 atom stereocenters. The molecule has 3 aromatic rings. The molecule has 2 aliphatic rings. The molecule has 5 rings (SSSR count). The molecule has 0 saturated carbocycles. The fraction of sp³-hybridized carbons (Fsp3) is 0.370. The molecule has 0 unspecified atom stereocenters. The van der Waals surface area contributed by atoms with Gasteiger partial charge in [-0.3, -0.25) is 14.2 Å². The number of benzene rings is 2. The highest BCUT2D eigenvalue weighted by atomic mass is 35.5. The van der Waals surface area contributed by atoms with E-state index in [1.807, 2.05) is 38.1 Å². The predicted octanol–water partition coefficient (Wildman–Crippen LogP) is 5.33. The van der Waals surface area contributed by atoms with E-state index in [4.69, 9.17) is 50.8 Å². The van der Waals surface area contributed by atoms with Gasteiger partial charge in [0.1, 0.15) is 18.2 Å². The summed E-state index contributed by atoms with van der Waals surface area (Å²) in [6, 6.07) is 10.6. The van der Waals surface area contributed by atoms with E-state index < -0.39 is 5.41 Å². The lowest BCUT2D eigenvalue weighted by atomic mass is 9.95. The number of carbonyl (C=O) groups excluding carboxylic acids is 1. The fourth-order valence-corrected chi connectivity index (χ4v) is 4.78. The second-order valence-electron chi connectivity index (χ2n) is 9.54. The third-order valence-corrected chi connectivity index (χ3v) is 7.14. The van der Waals surface area contributed by atoms with Gasteiger partial charge in [0.2, 0.25) is 0 Å². The van der Waals surface area contributed by atoms with Crippen molar-refractivity contribution >= 4 is 40.7 Å². The van der Waals surface area contributed by atoms with E-state index in [9.17, 15) is 9.59 Å². The van der Waals surface area contributed by atoms with Gasteiger partial charge in [-0.2, -0.15) is 4.68 Å². The summed E-state index contributed by atoms with van der Waals surface area (Å²) in [5.41, 5.74) is 0.698. The first-order valence-electron chi connectivity index (χ1n) is 12.0. The van der Waals surface area contributed by atoms with Gasteiger partial charge in [0.15, 0.2) is 0 Å². The molecule has 2 aromatic carbocycles. The summed E-state index contributed by atoms with van der Waals surface area (Å²) >= 11 is 18.3. The van der Waals surface area contributed by atoms with Crippen LogP contribution in [0.15, 0.2) is 41.2 Å². The van der Waals surface area contributed by atoms with Gasteiger partial charge in [-0.25, -0.2) is 9.86 Å². The Kier molecular flexibility index (Phi) is 8.74. The number of terminal acetylenes is 1. The van der Waals surface area contributed by atoms with Crippen LogP contribution in [-0.2, 0) is 29.1 Å². The zero-order valence-electron chi connectivity index (χ0n) is 21.0. The van der Waals surface area contributed by atoms with E-state index in [0.717, 1.165) is 30.7 Å². The number of aromatic nitrogens is 3. The zero-order chi connectivity index (χ0) is 27.4. The minimum Gasteiger partial charge on any atom is -0.479 e. The van der Waals surface area contributed by atoms with Crippen molar-refractivity contribution in [1.29, 1.82) is 0 Å². The van der Waals surface area contributed by atoms with Crippen molar-refractivity contribution in [1.82, 2.24) is 19.4 Å². The number of carbonyl (C=O) groups is 1. The Bertz CT molecular complexity index is 1440. The molecular formula is C27H27Cl3N4O4. The Morgan fingerprint density at radius 2 is 1.87 bits per heavy atom. The zero-order valence-corrected chi connectivity index (χ0v) is 23.3. The maximum Gasteiger partial charge on any atom is 0.350 e. The van der Waals surface area contributed by atoms with Crippen molar-refractivity contribution in [2.24, 2.45) is 5.41 Å². The minimum absolute atomic E-state index is 0.00687. The largest absolute Gasteiger partial charge is 0.479 e. The van der Waals surface area contributed by atoms with E-state index in [2.05, 4.69) is 11.0 Å². The molecule has 0 N–H and O–H groups in total. The Labute approximate surface area is 235 Å². The fourth-order valence-electron chi connectivity index (χ4n) is 4.06. The van der Waals surface area contributed by atoms with Crippen molar-refractivity contribution in [3.63, 3.8) is 0 Å². The molecule has 2 aliphatic heterocycles. The van der Waals surface area contributed by atoms with Gasteiger partial charge >= 0.3 is 5.69 Å². The number of halogens is 3. The predicted molar refractivity (Wildman–Crippen MR) is 147 cm³/mol. The van der Waals surface area contributed by atoms with Crippen molar-refractivity contribution in [3.8, 4) is 23.8 Å². The van der Waals surface area contributed by atoms with Crippen LogP contribution in [0, 0.1) is 17.8 Å². The maximum atomic E-state index is 12.5. The van der Waals surface area contributed by atoms with Gasteiger partial charge in [-0.1, -0.05) is 58.9 Å². The SMILES string of the molecule is C#CCOc1cc(-n2nc3n(c2=O)CCCC3)c(Cl)cc1Cl.CC1(C)CON(Cc2ccccc2Cl)C1=O. The summed E-state index contributed by atoms with van der Waals surface area (Å²) in [6.45, 7) is 5.34. The first-order chi connectivity index (χ1) is 18.1. The highest BCUT2D eigenvalue weighted by Gasteiger charge is 2.40. The molecule has 0 aliphatic carbocycles. The van der Waals surface area contributed by atoms with Crippen LogP contribution >= 0.6 is 34.8 Å². The number of rotatable bonds is 5. The van der Waals surface area contributed by atoms with E-state index in [-0.39, 0.29) is 18.2 Å². The number of fused-ring (bicyclic) bond motifs is 1. The number of hydrogen-bond donors (Lipinski definition) is 0. The quantitative estimate of drug-likeness (QED) is 0.383. The molecule has 200 valence electrons. The molecule has 0 spiro atoms. The van der Waals surface area contributed by atoms with Crippen molar-refractivity contribution in [3.05, 3.63) is 73.3 Å². The summed E-state index contributed by atoms with van der Waals surface area (Å²) in [5, 5.41) is 7.09. The number of ether oxygens (including phenoxy) is 1. The number of hydrogen-bond acceptors (Lipinski definition) is 5. The molecule has 0 radical (unpaired) electrons. The number of amides is 1. The normalized spacial score (nSPS) is 15.9. The number of hydroxylamine groups is 2. The lowest BCUT2D eigenvalue weighted by molar-refractivity contribution is -0.165. The molecule has 1 fully saturated rings. The van der Waals surface area contributed by atoms with Gasteiger partial charge in [0, 0.05) is 24.1 Å². The lowest BCUT2D eigenvalue weighted by Crippen LogP contribution is -2.30. The second-order valence-corrected chi connectivity index (χ2v) is 10.8. The molecule has 1 aromatic heterocycles. The maximum absolute atomic E-state index is 12.5. The summed E-state index contributed by atoms with van der Waals surface area (Å²) < 4.78 is 8.34. The van der Waals surface area contributed by atoms with Crippen molar-refractivity contribution in [2.75, 3.05) is 13.2 Å². The lowest BCUT2D eigenvalue weighted by Gasteiger charge is -2.16. The summed E-state index contributed by atoms with van der Waals surface area (Å²) in [5.74, 6) is 3.52. The topological polar surface area (TPSA) is 78.6 Å². The van der Waals surface area contributed by atoms with E-state index >= 15 is 0 Å². The van der Waals surface area contributed by atoms with Crippen LogP contribution < -0.4 is 10.4 Å². The highest BCUT2D eigenvalue weighted by molar-refractivity contribution is 6.36. The van der Waals surface area contributed by atoms with Crippen LogP contribution in [0.25, 0.3) is 5.69 Å². The Morgan fingerprint density at radius 3 is 2.53 bits per heavy atom. The molecule has 0 bridgehead atoms. The molecular weight excluding hydrogens is 551 g/mol. The molecule has 8 nitrogen and oxygen atoms in total. The average Bonchev–Trinajstić information content (AvgIpc) is 3.36.